The second-order valence-corrected chi connectivity index (χ2v) is 13.9. The quantitative estimate of drug-likeness (QED) is 0.224. The number of Topliss-reactive ketones (excluding diaryl/α,β-unsaturated/α-hetero) is 1. The summed E-state index contributed by atoms with van der Waals surface area (Å²) in [5.74, 6) is 3.71. The van der Waals surface area contributed by atoms with Gasteiger partial charge in [0.25, 0.3) is 0 Å². The molecule has 0 amide bonds. The Balaban J connectivity index is 1.32. The van der Waals surface area contributed by atoms with Crippen LogP contribution in [0, 0.1) is 11.2 Å². The molecule has 216 valence electrons. The van der Waals surface area contributed by atoms with Gasteiger partial charge in [0.05, 0.1) is 32.7 Å². The standard InChI is InChI=1S/C30H29ClFN7O2S/c1-37-18-34-29(36-37)42(2,41)39(24-9-10-24)25-6-3-20-13-27-19(17-35-38(27)23-7-4-22(32)5-8-23)15-30(20,16-25)28(40)26-14-21(31)11-12-33-26/h4-5,7-8,11-14,17-18,24-25H,2-3,6,9-10,15-16H2,1H3/t25-,30-,42?/m0/s1. The highest BCUT2D eigenvalue weighted by atomic mass is 35.5. The van der Waals surface area contributed by atoms with Gasteiger partial charge in [-0.05, 0) is 92.4 Å². The van der Waals surface area contributed by atoms with E-state index >= 15 is 0 Å². The van der Waals surface area contributed by atoms with E-state index in [1.54, 1.807) is 48.4 Å². The second-order valence-electron chi connectivity index (χ2n) is 11.4. The molecule has 1 aromatic carbocycles. The molecule has 4 aromatic rings. The minimum atomic E-state index is -3.00. The molecular weight excluding hydrogens is 577 g/mol. The fraction of sp³-hybridized carbons (Fsp3) is 0.333. The Kier molecular flexibility index (Phi) is 6.45. The third-order valence-corrected chi connectivity index (χ3v) is 10.8. The molecule has 0 N–H and O–H groups in total. The Morgan fingerprint density at radius 2 is 1.95 bits per heavy atom. The van der Waals surface area contributed by atoms with Crippen molar-refractivity contribution in [3.8, 4) is 5.69 Å². The molecule has 3 aromatic heterocycles. The Hall–Kier alpha value is -3.67. The van der Waals surface area contributed by atoms with Crippen molar-refractivity contribution in [2.45, 2.75) is 55.8 Å². The van der Waals surface area contributed by atoms with Crippen LogP contribution >= 0.6 is 11.6 Å². The van der Waals surface area contributed by atoms with Crippen LogP contribution in [0.5, 0.6) is 0 Å². The molecule has 3 aliphatic carbocycles. The van der Waals surface area contributed by atoms with Gasteiger partial charge < -0.3 is 0 Å². The topological polar surface area (TPSA) is 98.8 Å². The van der Waals surface area contributed by atoms with Crippen molar-refractivity contribution in [3.63, 3.8) is 0 Å². The Bertz CT molecular complexity index is 1840. The third kappa shape index (κ3) is 4.50. The highest BCUT2D eigenvalue weighted by Crippen LogP contribution is 2.52. The lowest BCUT2D eigenvalue weighted by atomic mass is 9.60. The molecule has 0 spiro atoms. The number of aryl methyl sites for hydroxylation is 1. The summed E-state index contributed by atoms with van der Waals surface area (Å²) in [6.07, 6.45) is 10.9. The summed E-state index contributed by atoms with van der Waals surface area (Å²) in [7, 11) is -1.26. The van der Waals surface area contributed by atoms with Gasteiger partial charge in [-0.25, -0.2) is 22.6 Å². The molecule has 1 unspecified atom stereocenters. The Morgan fingerprint density at radius 1 is 1.17 bits per heavy atom. The van der Waals surface area contributed by atoms with Gasteiger partial charge in [0.2, 0.25) is 5.16 Å². The molecule has 9 nitrogen and oxygen atoms in total. The van der Waals surface area contributed by atoms with Crippen LogP contribution in [0.1, 0.15) is 53.8 Å². The summed E-state index contributed by atoms with van der Waals surface area (Å²) >= 11 is 6.31. The molecule has 0 radical (unpaired) electrons. The lowest BCUT2D eigenvalue weighted by Crippen LogP contribution is -2.51. The van der Waals surface area contributed by atoms with Gasteiger partial charge in [-0.2, -0.15) is 5.10 Å². The number of allylic oxidation sites excluding steroid dienone is 1. The van der Waals surface area contributed by atoms with E-state index in [0.717, 1.165) is 35.4 Å². The smallest absolute Gasteiger partial charge is 0.244 e. The van der Waals surface area contributed by atoms with Gasteiger partial charge >= 0.3 is 0 Å². The van der Waals surface area contributed by atoms with E-state index in [2.05, 4.69) is 32.1 Å². The van der Waals surface area contributed by atoms with Crippen molar-refractivity contribution in [2.24, 2.45) is 12.5 Å². The summed E-state index contributed by atoms with van der Waals surface area (Å²) in [6, 6.07) is 9.33. The van der Waals surface area contributed by atoms with E-state index in [9.17, 15) is 13.4 Å². The molecule has 12 heteroatoms. The van der Waals surface area contributed by atoms with E-state index in [1.807, 2.05) is 4.31 Å². The molecule has 3 atom stereocenters. The van der Waals surface area contributed by atoms with E-state index in [0.29, 0.717) is 36.4 Å². The monoisotopic (exact) mass is 605 g/mol. The first-order valence-corrected chi connectivity index (χ1v) is 15.9. The van der Waals surface area contributed by atoms with Crippen LogP contribution in [0.2, 0.25) is 5.02 Å². The van der Waals surface area contributed by atoms with Crippen LogP contribution in [0.25, 0.3) is 11.8 Å². The maximum atomic E-state index is 14.5. The average Bonchev–Trinajstić information content (AvgIpc) is 3.55. The van der Waals surface area contributed by atoms with Crippen LogP contribution in [0.4, 0.5) is 4.39 Å². The average molecular weight is 606 g/mol. The first-order valence-electron chi connectivity index (χ1n) is 13.9. The highest BCUT2D eigenvalue weighted by Gasteiger charge is 2.53. The van der Waals surface area contributed by atoms with Gasteiger partial charge in [0, 0.05) is 30.4 Å². The summed E-state index contributed by atoms with van der Waals surface area (Å²) in [4.78, 5) is 23.3. The van der Waals surface area contributed by atoms with Gasteiger partial charge in [-0.1, -0.05) is 17.2 Å². The fourth-order valence-electron chi connectivity index (χ4n) is 6.53. The summed E-state index contributed by atoms with van der Waals surface area (Å²) in [5, 5.41) is 9.62. The number of benzene rings is 1. The second kappa shape index (κ2) is 9.96. The largest absolute Gasteiger partial charge is 0.291 e. The van der Waals surface area contributed by atoms with E-state index in [4.69, 9.17) is 11.6 Å². The highest BCUT2D eigenvalue weighted by molar-refractivity contribution is 7.98. The van der Waals surface area contributed by atoms with Gasteiger partial charge in [0.1, 0.15) is 17.8 Å². The lowest BCUT2D eigenvalue weighted by molar-refractivity contribution is 0.0736. The van der Waals surface area contributed by atoms with Crippen LogP contribution in [-0.4, -0.2) is 61.8 Å². The summed E-state index contributed by atoms with van der Waals surface area (Å²) in [6.45, 7) is 0. The number of halogens is 2. The molecule has 0 bridgehead atoms. The van der Waals surface area contributed by atoms with Crippen molar-refractivity contribution in [2.75, 3.05) is 0 Å². The molecular formula is C30H29ClFN7O2S. The predicted molar refractivity (Wildman–Crippen MR) is 158 cm³/mol. The van der Waals surface area contributed by atoms with E-state index < -0.39 is 15.1 Å². The molecule has 42 heavy (non-hydrogen) atoms. The zero-order chi connectivity index (χ0) is 29.2. The van der Waals surface area contributed by atoms with E-state index in [1.165, 1.54) is 23.1 Å². The predicted octanol–water partition coefficient (Wildman–Crippen LogP) is 4.70. The van der Waals surface area contributed by atoms with Crippen LogP contribution in [0.15, 0.2) is 65.8 Å². The minimum absolute atomic E-state index is 0.0890. The number of aromatic nitrogens is 6. The first-order chi connectivity index (χ1) is 20.2. The third-order valence-electron chi connectivity index (χ3n) is 8.57. The van der Waals surface area contributed by atoms with Crippen molar-refractivity contribution in [3.05, 3.63) is 88.5 Å². The molecule has 3 aliphatic rings. The summed E-state index contributed by atoms with van der Waals surface area (Å²) in [5.41, 5.74) is 2.84. The molecule has 2 saturated carbocycles. The number of fused-ring (bicyclic) bond motifs is 2. The fourth-order valence-corrected chi connectivity index (χ4v) is 8.70. The number of hydrogen-bond donors (Lipinski definition) is 0. The maximum Gasteiger partial charge on any atom is 0.244 e. The molecule has 2 fully saturated rings. The van der Waals surface area contributed by atoms with Crippen molar-refractivity contribution >= 4 is 39.0 Å². The molecule has 7 rings (SSSR count). The van der Waals surface area contributed by atoms with Crippen LogP contribution < -0.4 is 0 Å². The van der Waals surface area contributed by atoms with Gasteiger partial charge in [-0.15, -0.1) is 5.10 Å². The lowest BCUT2D eigenvalue weighted by Gasteiger charge is -2.47. The number of hydrogen-bond acceptors (Lipinski definition) is 6. The van der Waals surface area contributed by atoms with Crippen LogP contribution in [0.3, 0.4) is 0 Å². The Labute approximate surface area is 248 Å². The van der Waals surface area contributed by atoms with Crippen molar-refractivity contribution in [1.29, 1.82) is 0 Å². The minimum Gasteiger partial charge on any atom is -0.291 e. The van der Waals surface area contributed by atoms with Crippen molar-refractivity contribution < 1.29 is 13.4 Å². The van der Waals surface area contributed by atoms with Gasteiger partial charge in [0.15, 0.2) is 5.78 Å². The number of carbonyl (C=O) groups excluding carboxylic acids is 1. The SMILES string of the molecule is C=S(=O)(c1ncn(C)n1)N(C1CC1)[C@H]1CCC2=Cc3c(cnn3-c3ccc(F)cc3)C[C@]2(C(=O)c2cc(Cl)ccn2)C1. The molecule has 0 aliphatic heterocycles. The number of pyridine rings is 1. The normalized spacial score (nSPS) is 23.1. The number of rotatable bonds is 7. The maximum absolute atomic E-state index is 14.5. The molecule has 0 saturated heterocycles. The van der Waals surface area contributed by atoms with Gasteiger partial charge in [-0.3, -0.25) is 14.5 Å². The van der Waals surface area contributed by atoms with Crippen LogP contribution in [-0.2, 0) is 23.2 Å². The van der Waals surface area contributed by atoms with Crippen molar-refractivity contribution in [1.82, 2.24) is 33.8 Å². The van der Waals surface area contributed by atoms with E-state index in [-0.39, 0.29) is 28.8 Å². The molecule has 3 heterocycles. The number of nitrogens with zero attached hydrogens (tertiary/aromatic N) is 7. The number of ketones is 1. The number of carbonyl (C=O) groups is 1. The zero-order valence-corrected chi connectivity index (χ0v) is 24.6. The first kappa shape index (κ1) is 27.2. The summed E-state index contributed by atoms with van der Waals surface area (Å²) < 4.78 is 33.3. The zero-order valence-electron chi connectivity index (χ0n) is 23.0. The Morgan fingerprint density at radius 3 is 2.64 bits per heavy atom.